The molecule has 4 aromatic rings. The zero-order valence-corrected chi connectivity index (χ0v) is 18.3. The summed E-state index contributed by atoms with van der Waals surface area (Å²) in [4.78, 5) is 6.79. The van der Waals surface area contributed by atoms with Gasteiger partial charge in [-0.3, -0.25) is 4.99 Å². The minimum absolute atomic E-state index is 0.604. The predicted molar refractivity (Wildman–Crippen MR) is 124 cm³/mol. The molecule has 0 amide bonds. The Bertz CT molecular complexity index is 1190. The lowest BCUT2D eigenvalue weighted by Gasteiger charge is -2.07. The van der Waals surface area contributed by atoms with Crippen molar-refractivity contribution in [2.45, 2.75) is 6.54 Å². The molecule has 0 aliphatic rings. The van der Waals surface area contributed by atoms with Crippen LogP contribution in [0.4, 0.5) is 0 Å². The first kappa shape index (κ1) is 20.1. The third kappa shape index (κ3) is 4.53. The lowest BCUT2D eigenvalue weighted by Crippen LogP contribution is -2.12. The van der Waals surface area contributed by atoms with Gasteiger partial charge in [0.1, 0.15) is 11.5 Å². The van der Waals surface area contributed by atoms with Crippen LogP contribution in [0.1, 0.15) is 11.1 Å². The van der Waals surface area contributed by atoms with Gasteiger partial charge in [-0.1, -0.05) is 36.4 Å². The van der Waals surface area contributed by atoms with Gasteiger partial charge in [-0.25, -0.2) is 4.68 Å². The fraction of sp³-hybridized carbons (Fsp3) is 0.130. The second kappa shape index (κ2) is 9.56. The molecular formula is C23H21N3O2S2. The molecule has 0 unspecified atom stereocenters. The van der Waals surface area contributed by atoms with Crippen LogP contribution in [-0.2, 0) is 6.54 Å². The normalized spacial score (nSPS) is 11.9. The van der Waals surface area contributed by atoms with E-state index in [9.17, 15) is 0 Å². The number of ether oxygens (including phenoxy) is 2. The van der Waals surface area contributed by atoms with E-state index in [2.05, 4.69) is 29.0 Å². The van der Waals surface area contributed by atoms with Crippen LogP contribution >= 0.6 is 22.7 Å². The monoisotopic (exact) mass is 435 g/mol. The van der Waals surface area contributed by atoms with Gasteiger partial charge in [0.2, 0.25) is 4.80 Å². The SMILES string of the molecule is COc1ccc(C=Nn2c(-c3cccs3)csc2=NCc2ccccc2)c(OC)c1. The van der Waals surface area contributed by atoms with Crippen molar-refractivity contribution in [2.24, 2.45) is 10.1 Å². The first-order valence-electron chi connectivity index (χ1n) is 9.33. The fourth-order valence-electron chi connectivity index (χ4n) is 2.90. The van der Waals surface area contributed by atoms with Crippen molar-refractivity contribution in [2.75, 3.05) is 14.2 Å². The van der Waals surface area contributed by atoms with Crippen LogP contribution in [0.2, 0.25) is 0 Å². The number of aromatic nitrogens is 1. The summed E-state index contributed by atoms with van der Waals surface area (Å²) in [6.45, 7) is 0.604. The maximum Gasteiger partial charge on any atom is 0.206 e. The third-order valence-corrected chi connectivity index (χ3v) is 6.20. The lowest BCUT2D eigenvalue weighted by molar-refractivity contribution is 0.394. The van der Waals surface area contributed by atoms with Gasteiger partial charge in [-0.2, -0.15) is 5.10 Å². The Balaban J connectivity index is 1.74. The molecule has 152 valence electrons. The molecule has 0 aliphatic heterocycles. The average molecular weight is 436 g/mol. The molecule has 0 fully saturated rings. The topological polar surface area (TPSA) is 48.1 Å². The van der Waals surface area contributed by atoms with Crippen molar-refractivity contribution in [3.63, 3.8) is 0 Å². The number of thiophene rings is 1. The molecule has 0 N–H and O–H groups in total. The van der Waals surface area contributed by atoms with Gasteiger partial charge in [-0.05, 0) is 29.1 Å². The summed E-state index contributed by atoms with van der Waals surface area (Å²) >= 11 is 3.26. The maximum absolute atomic E-state index is 5.50. The summed E-state index contributed by atoms with van der Waals surface area (Å²) in [5.74, 6) is 1.44. The quantitative estimate of drug-likeness (QED) is 0.371. The highest BCUT2D eigenvalue weighted by Gasteiger charge is 2.09. The zero-order chi connectivity index (χ0) is 20.8. The highest BCUT2D eigenvalue weighted by Crippen LogP contribution is 2.26. The van der Waals surface area contributed by atoms with E-state index < -0.39 is 0 Å². The Morgan fingerprint density at radius 1 is 0.967 bits per heavy atom. The Morgan fingerprint density at radius 3 is 2.57 bits per heavy atom. The molecule has 0 saturated heterocycles. The van der Waals surface area contributed by atoms with E-state index in [-0.39, 0.29) is 0 Å². The second-order valence-electron chi connectivity index (χ2n) is 6.35. The van der Waals surface area contributed by atoms with Crippen LogP contribution in [0.25, 0.3) is 10.6 Å². The van der Waals surface area contributed by atoms with Crippen molar-refractivity contribution < 1.29 is 9.47 Å². The molecule has 2 aromatic carbocycles. The van der Waals surface area contributed by atoms with E-state index in [1.54, 1.807) is 43.1 Å². The third-order valence-electron chi connectivity index (χ3n) is 4.45. The van der Waals surface area contributed by atoms with E-state index in [1.807, 2.05) is 47.1 Å². The Hall–Kier alpha value is -3.16. The van der Waals surface area contributed by atoms with Crippen molar-refractivity contribution >= 4 is 28.9 Å². The van der Waals surface area contributed by atoms with E-state index in [4.69, 9.17) is 19.6 Å². The summed E-state index contributed by atoms with van der Waals surface area (Å²) in [5, 5.41) is 8.92. The molecule has 0 atom stereocenters. The number of thiazole rings is 1. The van der Waals surface area contributed by atoms with E-state index >= 15 is 0 Å². The molecule has 7 heteroatoms. The number of rotatable bonds is 7. The Morgan fingerprint density at radius 2 is 1.83 bits per heavy atom. The summed E-state index contributed by atoms with van der Waals surface area (Å²) in [5.41, 5.74) is 3.05. The van der Waals surface area contributed by atoms with Crippen molar-refractivity contribution in [1.82, 2.24) is 4.68 Å². The molecule has 0 bridgehead atoms. The van der Waals surface area contributed by atoms with Crippen molar-refractivity contribution in [3.8, 4) is 22.1 Å². The number of nitrogens with zero attached hydrogens (tertiary/aromatic N) is 3. The summed E-state index contributed by atoms with van der Waals surface area (Å²) < 4.78 is 12.7. The number of hydrogen-bond acceptors (Lipinski definition) is 6. The van der Waals surface area contributed by atoms with E-state index in [0.29, 0.717) is 12.3 Å². The average Bonchev–Trinajstić information content (AvgIpc) is 3.46. The first-order chi connectivity index (χ1) is 14.8. The largest absolute Gasteiger partial charge is 0.497 e. The minimum atomic E-state index is 0.604. The number of methoxy groups -OCH3 is 2. The molecule has 0 spiro atoms. The zero-order valence-electron chi connectivity index (χ0n) is 16.7. The van der Waals surface area contributed by atoms with Crippen LogP contribution in [0.3, 0.4) is 0 Å². The van der Waals surface area contributed by atoms with Gasteiger partial charge in [0.15, 0.2) is 0 Å². The fourth-order valence-corrected chi connectivity index (χ4v) is 4.53. The molecule has 0 saturated carbocycles. The lowest BCUT2D eigenvalue weighted by atomic mass is 10.2. The van der Waals surface area contributed by atoms with E-state index in [0.717, 1.165) is 32.2 Å². The molecule has 2 heterocycles. The summed E-state index contributed by atoms with van der Waals surface area (Å²) in [7, 11) is 3.28. The van der Waals surface area contributed by atoms with Crippen LogP contribution in [0.15, 0.2) is 81.5 Å². The van der Waals surface area contributed by atoms with Crippen molar-refractivity contribution in [1.29, 1.82) is 0 Å². The van der Waals surface area contributed by atoms with E-state index in [1.165, 1.54) is 0 Å². The van der Waals surface area contributed by atoms with Crippen LogP contribution in [0.5, 0.6) is 11.5 Å². The van der Waals surface area contributed by atoms with Gasteiger partial charge in [0, 0.05) is 17.0 Å². The molecule has 0 radical (unpaired) electrons. The van der Waals surface area contributed by atoms with Gasteiger partial charge < -0.3 is 9.47 Å². The molecule has 5 nitrogen and oxygen atoms in total. The molecular weight excluding hydrogens is 414 g/mol. The highest BCUT2D eigenvalue weighted by molar-refractivity contribution is 7.14. The molecule has 4 rings (SSSR count). The summed E-state index contributed by atoms with van der Waals surface area (Å²) in [6.07, 6.45) is 1.80. The van der Waals surface area contributed by atoms with Crippen LogP contribution < -0.4 is 14.3 Å². The molecule has 30 heavy (non-hydrogen) atoms. The predicted octanol–water partition coefficient (Wildman–Crippen LogP) is 5.28. The van der Waals surface area contributed by atoms with Crippen LogP contribution in [0, 0.1) is 0 Å². The second-order valence-corrected chi connectivity index (χ2v) is 8.13. The molecule has 0 aliphatic carbocycles. The van der Waals surface area contributed by atoms with Gasteiger partial charge in [-0.15, -0.1) is 22.7 Å². The smallest absolute Gasteiger partial charge is 0.206 e. The highest BCUT2D eigenvalue weighted by atomic mass is 32.1. The van der Waals surface area contributed by atoms with Crippen molar-refractivity contribution in [3.05, 3.63) is 87.4 Å². The number of benzene rings is 2. The van der Waals surface area contributed by atoms with Gasteiger partial charge in [0.25, 0.3) is 0 Å². The standard InChI is InChI=1S/C23H21N3O2S2/c1-27-19-11-10-18(21(13-19)28-2)15-25-26-20(22-9-6-12-29-22)16-30-23(26)24-14-17-7-4-3-5-8-17/h3-13,15-16H,14H2,1-2H3. The molecule has 2 aromatic heterocycles. The minimum Gasteiger partial charge on any atom is -0.497 e. The van der Waals surface area contributed by atoms with Gasteiger partial charge >= 0.3 is 0 Å². The summed E-state index contributed by atoms with van der Waals surface area (Å²) in [6, 6.07) is 20.0. The van der Waals surface area contributed by atoms with Crippen LogP contribution in [-0.4, -0.2) is 25.1 Å². The number of hydrogen-bond donors (Lipinski definition) is 0. The Kier molecular flexibility index (Phi) is 6.41. The van der Waals surface area contributed by atoms with Gasteiger partial charge in [0.05, 0.1) is 37.6 Å². The first-order valence-corrected chi connectivity index (χ1v) is 11.1. The maximum atomic E-state index is 5.50. The Labute approximate surface area is 183 Å².